The van der Waals surface area contributed by atoms with E-state index in [9.17, 15) is 0 Å². The number of aromatic nitrogens is 3. The Bertz CT molecular complexity index is 733. The summed E-state index contributed by atoms with van der Waals surface area (Å²) >= 11 is 7.87. The van der Waals surface area contributed by atoms with Crippen molar-refractivity contribution in [2.75, 3.05) is 24.6 Å². The van der Waals surface area contributed by atoms with Crippen molar-refractivity contribution >= 4 is 29.3 Å². The van der Waals surface area contributed by atoms with E-state index in [1.54, 1.807) is 11.8 Å². The minimum absolute atomic E-state index is 0.473. The number of nitrogen functional groups attached to an aromatic ring is 1. The van der Waals surface area contributed by atoms with Gasteiger partial charge in [0, 0.05) is 23.9 Å². The number of hydrogen-bond acceptors (Lipinski definition) is 5. The van der Waals surface area contributed by atoms with Crippen molar-refractivity contribution in [3.05, 3.63) is 34.3 Å². The normalized spacial score (nSPS) is 16.8. The Morgan fingerprint density at radius 3 is 2.88 bits per heavy atom. The molecular formula is C19H28ClN5S. The van der Waals surface area contributed by atoms with Crippen LogP contribution < -0.4 is 5.73 Å². The molecule has 1 heterocycles. The molecule has 2 aromatic rings. The first-order chi connectivity index (χ1) is 12.6. The zero-order chi connectivity index (χ0) is 18.5. The van der Waals surface area contributed by atoms with Gasteiger partial charge in [0.15, 0.2) is 5.16 Å². The molecule has 1 aliphatic rings. The molecule has 7 heteroatoms. The predicted molar refractivity (Wildman–Crippen MR) is 110 cm³/mol. The molecule has 1 aromatic carbocycles. The summed E-state index contributed by atoms with van der Waals surface area (Å²) in [6, 6.07) is 7.01. The van der Waals surface area contributed by atoms with Crippen molar-refractivity contribution in [1.29, 1.82) is 0 Å². The quantitative estimate of drug-likeness (QED) is 0.546. The Hall–Kier alpha value is -1.24. The van der Waals surface area contributed by atoms with E-state index in [-0.39, 0.29) is 0 Å². The van der Waals surface area contributed by atoms with Crippen molar-refractivity contribution in [2.45, 2.75) is 50.2 Å². The van der Waals surface area contributed by atoms with Gasteiger partial charge in [-0.1, -0.05) is 36.4 Å². The lowest BCUT2D eigenvalue weighted by Gasteiger charge is -2.35. The number of aryl methyl sites for hydroxylation is 1. The van der Waals surface area contributed by atoms with E-state index in [4.69, 9.17) is 17.3 Å². The van der Waals surface area contributed by atoms with Crippen molar-refractivity contribution in [3.63, 3.8) is 0 Å². The fourth-order valence-corrected chi connectivity index (χ4v) is 4.70. The average Bonchev–Trinajstić information content (AvgIpc) is 2.96. The van der Waals surface area contributed by atoms with Crippen LogP contribution in [0.1, 0.15) is 37.3 Å². The number of hydrogen-bond donors (Lipinski definition) is 1. The van der Waals surface area contributed by atoms with E-state index in [1.807, 2.05) is 17.7 Å². The Balaban J connectivity index is 1.52. The molecular weight excluding hydrogens is 366 g/mol. The van der Waals surface area contributed by atoms with Crippen LogP contribution in [0.5, 0.6) is 0 Å². The molecule has 0 saturated carbocycles. The summed E-state index contributed by atoms with van der Waals surface area (Å²) < 4.78 is 1.84. The molecule has 0 radical (unpaired) electrons. The maximum Gasteiger partial charge on any atom is 0.222 e. The molecule has 1 atom stereocenters. The fourth-order valence-electron chi connectivity index (χ4n) is 3.66. The van der Waals surface area contributed by atoms with Crippen LogP contribution in [0.15, 0.2) is 23.4 Å². The van der Waals surface area contributed by atoms with E-state index in [0.29, 0.717) is 12.0 Å². The van der Waals surface area contributed by atoms with Crippen LogP contribution in [0.4, 0.5) is 5.95 Å². The first-order valence-corrected chi connectivity index (χ1v) is 10.7. The number of nitrogens with zero attached hydrogens (tertiary/aromatic N) is 4. The Labute approximate surface area is 165 Å². The van der Waals surface area contributed by atoms with Gasteiger partial charge >= 0.3 is 0 Å². The molecule has 0 saturated heterocycles. The number of fused-ring (bicyclic) bond motifs is 1. The molecule has 0 aliphatic heterocycles. The summed E-state index contributed by atoms with van der Waals surface area (Å²) in [5, 5.41) is 9.78. The van der Waals surface area contributed by atoms with E-state index >= 15 is 0 Å². The molecule has 0 bridgehead atoms. The number of nitrogens with two attached hydrogens (primary N) is 1. The topological polar surface area (TPSA) is 60.0 Å². The van der Waals surface area contributed by atoms with Crippen molar-refractivity contribution < 1.29 is 0 Å². The van der Waals surface area contributed by atoms with E-state index in [1.165, 1.54) is 24.0 Å². The minimum atomic E-state index is 0.473. The standard InChI is InChI=1S/C19H28ClN5S/c1-3-9-25(10-4-11-26-19-23-22-18(21)24(19)2)17-8-6-14-12-16(20)7-5-15(14)13-17/h5,7,12,17H,3-4,6,8-11,13H2,1-2H3,(H2,21,22). The second-order valence-corrected chi connectivity index (χ2v) is 8.45. The third-order valence-electron chi connectivity index (χ3n) is 5.09. The second-order valence-electron chi connectivity index (χ2n) is 6.95. The van der Waals surface area contributed by atoms with E-state index in [2.05, 4.69) is 34.2 Å². The van der Waals surface area contributed by atoms with Gasteiger partial charge in [-0.05, 0) is 68.5 Å². The van der Waals surface area contributed by atoms with Gasteiger partial charge in [0.1, 0.15) is 0 Å². The lowest BCUT2D eigenvalue weighted by molar-refractivity contribution is 0.180. The zero-order valence-corrected chi connectivity index (χ0v) is 17.2. The molecule has 2 N–H and O–H groups in total. The van der Waals surface area contributed by atoms with Gasteiger partial charge in [-0.25, -0.2) is 0 Å². The molecule has 0 amide bonds. The Morgan fingerprint density at radius 1 is 1.31 bits per heavy atom. The molecule has 5 nitrogen and oxygen atoms in total. The number of halogens is 1. The lowest BCUT2D eigenvalue weighted by atomic mass is 9.87. The van der Waals surface area contributed by atoms with Gasteiger partial charge in [-0.3, -0.25) is 4.57 Å². The summed E-state index contributed by atoms with van der Waals surface area (Å²) in [5.74, 6) is 1.51. The third kappa shape index (κ3) is 4.72. The summed E-state index contributed by atoms with van der Waals surface area (Å²) in [7, 11) is 1.91. The average molecular weight is 394 g/mol. The first-order valence-electron chi connectivity index (χ1n) is 9.37. The molecule has 1 aliphatic carbocycles. The van der Waals surface area contributed by atoms with Gasteiger partial charge in [-0.15, -0.1) is 10.2 Å². The molecule has 1 aromatic heterocycles. The number of benzene rings is 1. The van der Waals surface area contributed by atoms with Crippen LogP contribution in [0, 0.1) is 0 Å². The molecule has 0 fully saturated rings. The van der Waals surface area contributed by atoms with Crippen LogP contribution in [-0.4, -0.2) is 44.5 Å². The smallest absolute Gasteiger partial charge is 0.222 e. The zero-order valence-electron chi connectivity index (χ0n) is 15.6. The lowest BCUT2D eigenvalue weighted by Crippen LogP contribution is -2.40. The van der Waals surface area contributed by atoms with E-state index < -0.39 is 0 Å². The SMILES string of the molecule is CCCN(CCCSc1nnc(N)n1C)C1CCc2cc(Cl)ccc2C1. The third-order valence-corrected chi connectivity index (χ3v) is 6.43. The second kappa shape index (κ2) is 9.11. The highest BCUT2D eigenvalue weighted by molar-refractivity contribution is 7.99. The van der Waals surface area contributed by atoms with Crippen LogP contribution in [0.2, 0.25) is 5.02 Å². The van der Waals surface area contributed by atoms with Gasteiger partial charge < -0.3 is 10.6 Å². The van der Waals surface area contributed by atoms with Gasteiger partial charge in [0.05, 0.1) is 0 Å². The minimum Gasteiger partial charge on any atom is -0.368 e. The molecule has 1 unspecified atom stereocenters. The summed E-state index contributed by atoms with van der Waals surface area (Å²) in [6.45, 7) is 4.55. The number of anilines is 1. The summed E-state index contributed by atoms with van der Waals surface area (Å²) in [6.07, 6.45) is 5.83. The summed E-state index contributed by atoms with van der Waals surface area (Å²) in [4.78, 5) is 2.67. The maximum absolute atomic E-state index is 6.14. The highest BCUT2D eigenvalue weighted by Gasteiger charge is 2.23. The molecule has 3 rings (SSSR count). The van der Waals surface area contributed by atoms with Gasteiger partial charge in [0.25, 0.3) is 0 Å². The Kier molecular flexibility index (Phi) is 6.84. The van der Waals surface area contributed by atoms with Crippen LogP contribution in [0.25, 0.3) is 0 Å². The van der Waals surface area contributed by atoms with E-state index in [0.717, 1.165) is 48.3 Å². The molecule has 26 heavy (non-hydrogen) atoms. The van der Waals surface area contributed by atoms with Crippen LogP contribution >= 0.6 is 23.4 Å². The van der Waals surface area contributed by atoms with Gasteiger partial charge in [-0.2, -0.15) is 0 Å². The fraction of sp³-hybridized carbons (Fsp3) is 0.579. The van der Waals surface area contributed by atoms with Crippen molar-refractivity contribution in [1.82, 2.24) is 19.7 Å². The Morgan fingerprint density at radius 2 is 2.15 bits per heavy atom. The van der Waals surface area contributed by atoms with Gasteiger partial charge in [0.2, 0.25) is 5.95 Å². The summed E-state index contributed by atoms with van der Waals surface area (Å²) in [5.41, 5.74) is 8.64. The van der Waals surface area contributed by atoms with Crippen molar-refractivity contribution in [2.24, 2.45) is 7.05 Å². The van der Waals surface area contributed by atoms with Crippen molar-refractivity contribution in [3.8, 4) is 0 Å². The predicted octanol–water partition coefficient (Wildman–Crippen LogP) is 3.80. The molecule has 142 valence electrons. The largest absolute Gasteiger partial charge is 0.368 e. The molecule has 0 spiro atoms. The highest BCUT2D eigenvalue weighted by atomic mass is 35.5. The first kappa shape index (κ1) is 19.5. The van der Waals surface area contributed by atoms with Crippen LogP contribution in [-0.2, 0) is 19.9 Å². The monoisotopic (exact) mass is 393 g/mol. The highest BCUT2D eigenvalue weighted by Crippen LogP contribution is 2.27. The maximum atomic E-state index is 6.14. The van der Waals surface area contributed by atoms with Crippen LogP contribution in [0.3, 0.4) is 0 Å². The number of rotatable bonds is 8. The number of thioether (sulfide) groups is 1.